The van der Waals surface area contributed by atoms with E-state index in [2.05, 4.69) is 27.9 Å². The molecule has 7 nitrogen and oxygen atoms in total. The molecule has 1 aromatic heterocycles. The first-order valence-corrected chi connectivity index (χ1v) is 14.6. The van der Waals surface area contributed by atoms with Crippen molar-refractivity contribution in [1.29, 1.82) is 0 Å². The van der Waals surface area contributed by atoms with Crippen molar-refractivity contribution in [3.8, 4) is 0 Å². The van der Waals surface area contributed by atoms with Gasteiger partial charge in [0.1, 0.15) is 5.82 Å². The molecule has 1 saturated heterocycles. The number of carbonyl (C=O) groups excluding carboxylic acids is 2. The van der Waals surface area contributed by atoms with Crippen molar-refractivity contribution in [2.45, 2.75) is 76.4 Å². The van der Waals surface area contributed by atoms with Gasteiger partial charge in [0.25, 0.3) is 5.91 Å². The second-order valence-electron chi connectivity index (χ2n) is 11.8. The van der Waals surface area contributed by atoms with Crippen molar-refractivity contribution in [2.75, 3.05) is 10.6 Å². The van der Waals surface area contributed by atoms with Crippen LogP contribution in [0, 0.1) is 24.6 Å². The summed E-state index contributed by atoms with van der Waals surface area (Å²) in [5, 5.41) is 10.9. The Morgan fingerprint density at radius 3 is 2.45 bits per heavy atom. The highest BCUT2D eigenvalue weighted by Gasteiger charge is 2.50. The highest BCUT2D eigenvalue weighted by atomic mass is 19.1. The number of piperidine rings is 1. The minimum absolute atomic E-state index is 0.0322. The number of fused-ring (bicyclic) bond motifs is 1. The number of hydrogen-bond acceptors (Lipinski definition) is 4. The largest absolute Gasteiger partial charge is 0.382 e. The molecule has 0 radical (unpaired) electrons. The van der Waals surface area contributed by atoms with Crippen LogP contribution in [0.2, 0.25) is 0 Å². The normalized spacial score (nSPS) is 24.6. The molecule has 0 unspecified atom stereocenters. The van der Waals surface area contributed by atoms with Crippen LogP contribution in [-0.2, 0) is 11.8 Å². The van der Waals surface area contributed by atoms with Gasteiger partial charge in [0.15, 0.2) is 0 Å². The maximum atomic E-state index is 15.2. The lowest BCUT2D eigenvalue weighted by Gasteiger charge is -2.48. The highest BCUT2D eigenvalue weighted by Crippen LogP contribution is 2.49. The lowest BCUT2D eigenvalue weighted by Crippen LogP contribution is -2.54. The Balaban J connectivity index is 1.39. The van der Waals surface area contributed by atoms with Gasteiger partial charge in [0.2, 0.25) is 5.91 Å². The summed E-state index contributed by atoms with van der Waals surface area (Å²) in [7, 11) is 1.81. The van der Waals surface area contributed by atoms with Crippen molar-refractivity contribution >= 4 is 23.2 Å². The molecule has 2 aromatic carbocycles. The van der Waals surface area contributed by atoms with Gasteiger partial charge in [-0.05, 0) is 74.3 Å². The Labute approximate surface area is 235 Å². The van der Waals surface area contributed by atoms with Gasteiger partial charge in [0, 0.05) is 31.0 Å². The van der Waals surface area contributed by atoms with Crippen molar-refractivity contribution in [3.63, 3.8) is 0 Å². The monoisotopic (exact) mass is 543 g/mol. The van der Waals surface area contributed by atoms with Gasteiger partial charge < -0.3 is 15.5 Å². The number of anilines is 2. The Kier molecular flexibility index (Phi) is 7.34. The van der Waals surface area contributed by atoms with E-state index in [-0.39, 0.29) is 29.3 Å². The predicted octanol–water partition coefficient (Wildman–Crippen LogP) is 6.23. The topological polar surface area (TPSA) is 79.3 Å². The van der Waals surface area contributed by atoms with Crippen LogP contribution in [0.1, 0.15) is 78.9 Å². The molecule has 4 atom stereocenters. The van der Waals surface area contributed by atoms with Crippen LogP contribution in [0.3, 0.4) is 0 Å². The van der Waals surface area contributed by atoms with Gasteiger partial charge in [-0.3, -0.25) is 14.3 Å². The molecule has 2 heterocycles. The van der Waals surface area contributed by atoms with Crippen LogP contribution in [-0.4, -0.2) is 38.6 Å². The molecule has 2 N–H and O–H groups in total. The summed E-state index contributed by atoms with van der Waals surface area (Å²) < 4.78 is 16.8. The molecular formula is C32H38FN5O2. The number of carbonyl (C=O) groups is 2. The average Bonchev–Trinajstić information content (AvgIpc) is 3.71. The molecule has 1 aliphatic heterocycles. The van der Waals surface area contributed by atoms with Crippen molar-refractivity contribution in [3.05, 3.63) is 77.4 Å². The summed E-state index contributed by atoms with van der Waals surface area (Å²) in [5.74, 6) is -1.27. The van der Waals surface area contributed by atoms with Crippen molar-refractivity contribution < 1.29 is 14.0 Å². The van der Waals surface area contributed by atoms with E-state index in [1.165, 1.54) is 31.7 Å². The number of aromatic nitrogens is 2. The third-order valence-corrected chi connectivity index (χ3v) is 9.17. The summed E-state index contributed by atoms with van der Waals surface area (Å²) in [6, 6.07) is 12.9. The fourth-order valence-electron chi connectivity index (χ4n) is 7.27. The zero-order valence-corrected chi connectivity index (χ0v) is 23.3. The maximum absolute atomic E-state index is 15.2. The van der Waals surface area contributed by atoms with Gasteiger partial charge in [-0.25, -0.2) is 4.39 Å². The number of amides is 2. The van der Waals surface area contributed by atoms with Gasteiger partial charge in [-0.15, -0.1) is 0 Å². The van der Waals surface area contributed by atoms with Crippen LogP contribution in [0.5, 0.6) is 0 Å². The smallest absolute Gasteiger partial charge is 0.257 e. The lowest BCUT2D eigenvalue weighted by molar-refractivity contribution is -0.125. The molecule has 2 aliphatic carbocycles. The molecule has 2 saturated carbocycles. The average molecular weight is 544 g/mol. The molecule has 2 amide bonds. The number of benzene rings is 2. The van der Waals surface area contributed by atoms with E-state index in [1.807, 2.05) is 17.0 Å². The number of rotatable bonds is 6. The second kappa shape index (κ2) is 11.1. The highest BCUT2D eigenvalue weighted by molar-refractivity contribution is 5.98. The zero-order valence-electron chi connectivity index (χ0n) is 23.3. The fourth-order valence-corrected chi connectivity index (χ4v) is 7.27. The molecule has 3 aromatic rings. The maximum Gasteiger partial charge on any atom is 0.257 e. The van der Waals surface area contributed by atoms with Crippen LogP contribution in [0.4, 0.5) is 15.8 Å². The number of nitrogens with zero attached hydrogens (tertiary/aromatic N) is 3. The molecule has 0 spiro atoms. The van der Waals surface area contributed by atoms with Crippen molar-refractivity contribution in [1.82, 2.24) is 14.7 Å². The van der Waals surface area contributed by atoms with E-state index in [1.54, 1.807) is 43.2 Å². The summed E-state index contributed by atoms with van der Waals surface area (Å²) in [5.41, 5.74) is 3.28. The van der Waals surface area contributed by atoms with E-state index in [0.717, 1.165) is 30.5 Å². The Hall–Kier alpha value is -3.68. The minimum Gasteiger partial charge on any atom is -0.382 e. The summed E-state index contributed by atoms with van der Waals surface area (Å²) in [6.07, 6.45) is 11.7. The molecule has 8 heteroatoms. The fraction of sp³-hybridized carbons (Fsp3) is 0.469. The standard InChI is InChI=1S/C32H38FN5O2/c1-20-7-5-11-27(33)29(20)32(40)38-28-12-6-8-22(28)17-26(31(39)36-25-18-34-37(2)19-25)30(38)21-13-15-24(16-14-21)35-23-9-3-4-10-23/h5,7,11,13-16,18-19,22-23,26,28,30,35H,3-4,6,8-10,12,17H2,1-2H3,(H,36,39)/t22-,26+,28-,30+/m1/s1. The Morgan fingerprint density at radius 1 is 0.975 bits per heavy atom. The molecule has 3 fully saturated rings. The number of likely N-dealkylation sites (tertiary alicyclic amines) is 1. The van der Waals surface area contributed by atoms with Crippen LogP contribution in [0.25, 0.3) is 0 Å². The summed E-state index contributed by atoms with van der Waals surface area (Å²) in [6.45, 7) is 1.78. The Morgan fingerprint density at radius 2 is 1.75 bits per heavy atom. The number of nitrogens with one attached hydrogen (secondary N) is 2. The van der Waals surface area contributed by atoms with E-state index >= 15 is 4.39 Å². The molecule has 3 aliphatic rings. The van der Waals surface area contributed by atoms with Crippen LogP contribution < -0.4 is 10.6 Å². The van der Waals surface area contributed by atoms with Gasteiger partial charge in [-0.1, -0.05) is 43.5 Å². The third kappa shape index (κ3) is 5.11. The van der Waals surface area contributed by atoms with E-state index in [9.17, 15) is 9.59 Å². The van der Waals surface area contributed by atoms with Gasteiger partial charge >= 0.3 is 0 Å². The first-order valence-electron chi connectivity index (χ1n) is 14.6. The number of hydrogen-bond donors (Lipinski definition) is 2. The van der Waals surface area contributed by atoms with E-state index in [0.29, 0.717) is 23.7 Å². The number of aryl methyl sites for hydroxylation is 2. The molecule has 40 heavy (non-hydrogen) atoms. The van der Waals surface area contributed by atoms with E-state index in [4.69, 9.17) is 0 Å². The quantitative estimate of drug-likeness (QED) is 0.386. The van der Waals surface area contributed by atoms with Gasteiger partial charge in [-0.2, -0.15) is 5.10 Å². The molecular weight excluding hydrogens is 505 g/mol. The third-order valence-electron chi connectivity index (χ3n) is 9.17. The first-order chi connectivity index (χ1) is 19.4. The van der Waals surface area contributed by atoms with E-state index < -0.39 is 17.8 Å². The van der Waals surface area contributed by atoms with Crippen LogP contribution in [0.15, 0.2) is 54.9 Å². The minimum atomic E-state index is -0.517. The summed E-state index contributed by atoms with van der Waals surface area (Å²) in [4.78, 5) is 30.1. The SMILES string of the molecule is Cc1cccc(F)c1C(=O)N1[C@@H]2CCC[C@@H]2C[C@H](C(=O)Nc2cnn(C)c2)[C@@H]1c1ccc(NC2CCCC2)cc1. The Bertz CT molecular complexity index is 1360. The summed E-state index contributed by atoms with van der Waals surface area (Å²) >= 11 is 0. The second-order valence-corrected chi connectivity index (χ2v) is 11.8. The number of halogens is 1. The van der Waals surface area contributed by atoms with Crippen LogP contribution >= 0.6 is 0 Å². The van der Waals surface area contributed by atoms with Crippen molar-refractivity contribution in [2.24, 2.45) is 18.9 Å². The predicted molar refractivity (Wildman–Crippen MR) is 153 cm³/mol. The zero-order chi connectivity index (χ0) is 27.8. The first kappa shape index (κ1) is 26.5. The molecule has 0 bridgehead atoms. The lowest BCUT2D eigenvalue weighted by atomic mass is 9.76. The molecule has 6 rings (SSSR count). The molecule has 210 valence electrons. The van der Waals surface area contributed by atoms with Gasteiger partial charge in [0.05, 0.1) is 29.4 Å².